The number of thiophene rings is 2. The minimum absolute atomic E-state index is 0.0123. The van der Waals surface area contributed by atoms with Gasteiger partial charge in [-0.15, -0.1) is 22.7 Å². The van der Waals surface area contributed by atoms with E-state index in [-0.39, 0.29) is 11.5 Å². The molecule has 1 amide bonds. The van der Waals surface area contributed by atoms with E-state index in [9.17, 15) is 9.59 Å². The highest BCUT2D eigenvalue weighted by Gasteiger charge is 2.21. The number of aryl methyl sites for hydroxylation is 2. The number of hydrogen-bond donors (Lipinski definition) is 1. The van der Waals surface area contributed by atoms with Crippen molar-refractivity contribution in [1.29, 1.82) is 0 Å². The number of aromatic nitrogens is 2. The van der Waals surface area contributed by atoms with Crippen LogP contribution < -0.4 is 5.56 Å². The van der Waals surface area contributed by atoms with E-state index >= 15 is 0 Å². The number of amides is 1. The number of aromatic amines is 1. The summed E-state index contributed by atoms with van der Waals surface area (Å²) in [4.78, 5) is 37.4. The van der Waals surface area contributed by atoms with Gasteiger partial charge in [-0.25, -0.2) is 4.98 Å². The van der Waals surface area contributed by atoms with E-state index < -0.39 is 0 Å². The van der Waals surface area contributed by atoms with Gasteiger partial charge < -0.3 is 9.88 Å². The minimum atomic E-state index is -0.0123. The molecule has 3 aromatic heterocycles. The Hall–Kier alpha value is -1.64. The van der Waals surface area contributed by atoms with Crippen LogP contribution in [0, 0.1) is 0 Å². The van der Waals surface area contributed by atoms with Crippen LogP contribution in [0.5, 0.6) is 0 Å². The van der Waals surface area contributed by atoms with Crippen molar-refractivity contribution in [2.45, 2.75) is 38.0 Å². The summed E-state index contributed by atoms with van der Waals surface area (Å²) in [6.45, 7) is 0.662. The lowest BCUT2D eigenvalue weighted by molar-refractivity contribution is -0.129. The Labute approximate surface area is 169 Å². The summed E-state index contributed by atoms with van der Waals surface area (Å²) in [5, 5.41) is 2.82. The first-order valence-electron chi connectivity index (χ1n) is 8.99. The molecule has 1 N–H and O–H groups in total. The molecule has 0 spiro atoms. The second-order valence-corrected chi connectivity index (χ2v) is 9.90. The summed E-state index contributed by atoms with van der Waals surface area (Å²) < 4.78 is 0. The van der Waals surface area contributed by atoms with Gasteiger partial charge in [0.15, 0.2) is 0 Å². The monoisotopic (exact) mass is 419 g/mol. The molecule has 8 heteroatoms. The molecule has 4 rings (SSSR count). The number of carbonyl (C=O) groups excluding carboxylic acids is 1. The standard InChI is InChI=1S/C19H21N3O2S3/c1-22(10-12-4-3-8-26-12)16(23)7-9-25-11-15-20-18(24)17-13-5-2-6-14(13)27-19(17)21-15/h3-4,8H,2,5-7,9-11H2,1H3,(H,20,21,24). The average molecular weight is 420 g/mol. The predicted molar refractivity (Wildman–Crippen MR) is 114 cm³/mol. The largest absolute Gasteiger partial charge is 0.341 e. The van der Waals surface area contributed by atoms with Crippen LogP contribution in [0.4, 0.5) is 0 Å². The molecule has 3 aromatic rings. The summed E-state index contributed by atoms with van der Waals surface area (Å²) >= 11 is 4.96. The molecule has 27 heavy (non-hydrogen) atoms. The molecule has 0 atom stereocenters. The van der Waals surface area contributed by atoms with Gasteiger partial charge in [0.25, 0.3) is 5.56 Å². The topological polar surface area (TPSA) is 66.1 Å². The maximum atomic E-state index is 12.4. The second kappa shape index (κ2) is 8.16. The van der Waals surface area contributed by atoms with Crippen LogP contribution in [0.1, 0.15) is 34.0 Å². The van der Waals surface area contributed by atoms with Crippen molar-refractivity contribution in [3.63, 3.8) is 0 Å². The van der Waals surface area contributed by atoms with Gasteiger partial charge >= 0.3 is 0 Å². The molecule has 0 saturated carbocycles. The Morgan fingerprint density at radius 3 is 3.11 bits per heavy atom. The zero-order valence-corrected chi connectivity index (χ0v) is 17.6. The molecule has 0 unspecified atom stereocenters. The lowest BCUT2D eigenvalue weighted by Crippen LogP contribution is -2.26. The van der Waals surface area contributed by atoms with Gasteiger partial charge in [0.05, 0.1) is 17.7 Å². The number of fused-ring (bicyclic) bond motifs is 3. The fourth-order valence-electron chi connectivity index (χ4n) is 3.36. The van der Waals surface area contributed by atoms with E-state index in [2.05, 4.69) is 9.97 Å². The smallest absolute Gasteiger partial charge is 0.259 e. The Kier molecular flexibility index (Phi) is 5.66. The maximum absolute atomic E-state index is 12.4. The zero-order valence-electron chi connectivity index (χ0n) is 15.1. The fraction of sp³-hybridized carbons (Fsp3) is 0.421. The van der Waals surface area contributed by atoms with Crippen LogP contribution in [-0.2, 0) is 29.9 Å². The SMILES string of the molecule is CN(Cc1cccs1)C(=O)CCSCc1nc2sc3c(c2c(=O)[nH]1)CCC3. The van der Waals surface area contributed by atoms with Gasteiger partial charge in [0, 0.05) is 29.0 Å². The van der Waals surface area contributed by atoms with E-state index in [4.69, 9.17) is 0 Å². The van der Waals surface area contributed by atoms with Gasteiger partial charge in [-0.3, -0.25) is 9.59 Å². The molecule has 0 saturated heterocycles. The molecule has 0 aromatic carbocycles. The predicted octanol–water partition coefficient (Wildman–Crippen LogP) is 3.82. The number of hydrogen-bond acceptors (Lipinski definition) is 6. The molecule has 0 radical (unpaired) electrons. The zero-order chi connectivity index (χ0) is 18.8. The number of carbonyl (C=O) groups is 1. The van der Waals surface area contributed by atoms with E-state index in [0.29, 0.717) is 24.5 Å². The van der Waals surface area contributed by atoms with Crippen molar-refractivity contribution in [2.24, 2.45) is 0 Å². The van der Waals surface area contributed by atoms with Crippen LogP contribution in [0.2, 0.25) is 0 Å². The highest BCUT2D eigenvalue weighted by atomic mass is 32.2. The van der Waals surface area contributed by atoms with Crippen molar-refractivity contribution in [1.82, 2.24) is 14.9 Å². The lowest BCUT2D eigenvalue weighted by atomic mass is 10.2. The molecule has 0 bridgehead atoms. The third-order valence-electron chi connectivity index (χ3n) is 4.72. The number of nitrogens with zero attached hydrogens (tertiary/aromatic N) is 2. The van der Waals surface area contributed by atoms with Crippen molar-refractivity contribution < 1.29 is 4.79 Å². The second-order valence-electron chi connectivity index (χ2n) is 6.68. The van der Waals surface area contributed by atoms with Crippen LogP contribution in [0.3, 0.4) is 0 Å². The molecule has 0 aliphatic heterocycles. The Morgan fingerprint density at radius 2 is 2.30 bits per heavy atom. The normalized spacial score (nSPS) is 13.2. The van der Waals surface area contributed by atoms with E-state index in [1.807, 2.05) is 24.6 Å². The fourth-order valence-corrected chi connectivity index (χ4v) is 6.19. The van der Waals surface area contributed by atoms with Gasteiger partial charge in [0.1, 0.15) is 10.7 Å². The molecule has 142 valence electrons. The molecule has 1 aliphatic rings. The highest BCUT2D eigenvalue weighted by molar-refractivity contribution is 7.98. The Bertz CT molecular complexity index is 1010. The van der Waals surface area contributed by atoms with Crippen molar-refractivity contribution in [3.05, 3.63) is 49.0 Å². The number of rotatable bonds is 7. The highest BCUT2D eigenvalue weighted by Crippen LogP contribution is 2.34. The molecule has 1 aliphatic carbocycles. The average Bonchev–Trinajstić information content (AvgIpc) is 3.35. The lowest BCUT2D eigenvalue weighted by Gasteiger charge is -2.15. The van der Waals surface area contributed by atoms with Crippen molar-refractivity contribution >= 4 is 50.6 Å². The molecular formula is C19H21N3O2S3. The summed E-state index contributed by atoms with van der Waals surface area (Å²) in [7, 11) is 1.84. The van der Waals surface area contributed by atoms with E-state index in [0.717, 1.165) is 35.2 Å². The number of thioether (sulfide) groups is 1. The molecule has 5 nitrogen and oxygen atoms in total. The molecular weight excluding hydrogens is 398 g/mol. The van der Waals surface area contributed by atoms with Gasteiger partial charge in [0.2, 0.25) is 5.91 Å². The number of nitrogens with one attached hydrogen (secondary N) is 1. The van der Waals surface area contributed by atoms with Crippen LogP contribution >= 0.6 is 34.4 Å². The van der Waals surface area contributed by atoms with Crippen molar-refractivity contribution in [2.75, 3.05) is 12.8 Å². The number of H-pyrrole nitrogens is 1. The first kappa shape index (κ1) is 18.7. The van der Waals surface area contributed by atoms with Gasteiger partial charge in [-0.2, -0.15) is 11.8 Å². The molecule has 3 heterocycles. The summed E-state index contributed by atoms with van der Waals surface area (Å²) in [5.41, 5.74) is 1.20. The van der Waals surface area contributed by atoms with Crippen LogP contribution in [-0.4, -0.2) is 33.6 Å². The Balaban J connectivity index is 1.30. The summed E-state index contributed by atoms with van der Waals surface area (Å²) in [6.07, 6.45) is 3.70. The van der Waals surface area contributed by atoms with Gasteiger partial charge in [-0.1, -0.05) is 6.07 Å². The third-order valence-corrected chi connectivity index (χ3v) is 7.74. The Morgan fingerprint density at radius 1 is 1.41 bits per heavy atom. The van der Waals surface area contributed by atoms with Crippen LogP contribution in [0.25, 0.3) is 10.2 Å². The minimum Gasteiger partial charge on any atom is -0.341 e. The third kappa shape index (κ3) is 4.12. The first-order valence-corrected chi connectivity index (χ1v) is 11.8. The van der Waals surface area contributed by atoms with E-state index in [1.165, 1.54) is 15.3 Å². The van der Waals surface area contributed by atoms with Crippen molar-refractivity contribution in [3.8, 4) is 0 Å². The van der Waals surface area contributed by atoms with E-state index in [1.54, 1.807) is 39.3 Å². The maximum Gasteiger partial charge on any atom is 0.259 e. The quantitative estimate of drug-likeness (QED) is 0.591. The van der Waals surface area contributed by atoms with Crippen LogP contribution in [0.15, 0.2) is 22.3 Å². The summed E-state index contributed by atoms with van der Waals surface area (Å²) in [6, 6.07) is 4.04. The first-order chi connectivity index (χ1) is 13.1. The van der Waals surface area contributed by atoms with Gasteiger partial charge in [-0.05, 0) is 36.3 Å². The summed E-state index contributed by atoms with van der Waals surface area (Å²) in [5.74, 6) is 2.19. The molecule has 0 fully saturated rings.